The van der Waals surface area contributed by atoms with E-state index in [0.29, 0.717) is 5.95 Å². The smallest absolute Gasteiger partial charge is 0.232 e. The van der Waals surface area contributed by atoms with Gasteiger partial charge < -0.3 is 14.5 Å². The Hall–Kier alpha value is -3.31. The molecule has 2 heterocycles. The second kappa shape index (κ2) is 8.82. The van der Waals surface area contributed by atoms with Gasteiger partial charge in [-0.3, -0.25) is 0 Å². The number of fused-ring (bicyclic) bond motifs is 2. The summed E-state index contributed by atoms with van der Waals surface area (Å²) in [7, 11) is 3.69. The minimum Gasteiger partial charge on any atom is -0.494 e. The van der Waals surface area contributed by atoms with Crippen LogP contribution in [0.3, 0.4) is 0 Å². The van der Waals surface area contributed by atoms with Crippen LogP contribution in [0.4, 0.5) is 17.5 Å². The number of hydrogen-bond donors (Lipinski definition) is 0. The number of para-hydroxylation sites is 2. The summed E-state index contributed by atoms with van der Waals surface area (Å²) in [6.07, 6.45) is 1.01. The van der Waals surface area contributed by atoms with Gasteiger partial charge in [0.1, 0.15) is 17.1 Å². The van der Waals surface area contributed by atoms with Gasteiger partial charge in [-0.15, -0.1) is 12.4 Å². The number of halogens is 1. The fraction of sp³-hybridized carbons (Fsp3) is 0.200. The van der Waals surface area contributed by atoms with Crippen molar-refractivity contribution in [3.63, 3.8) is 0 Å². The Morgan fingerprint density at radius 1 is 0.871 bits per heavy atom. The summed E-state index contributed by atoms with van der Waals surface area (Å²) in [5, 5.41) is 1.01. The topological polar surface area (TPSA) is 41.5 Å². The van der Waals surface area contributed by atoms with E-state index in [0.717, 1.165) is 47.7 Å². The van der Waals surface area contributed by atoms with Gasteiger partial charge in [0.25, 0.3) is 0 Å². The molecule has 0 fully saturated rings. The molecule has 1 aromatic heterocycles. The average Bonchev–Trinajstić information content (AvgIpc) is 2.82. The first-order valence-corrected chi connectivity index (χ1v) is 10.2. The summed E-state index contributed by atoms with van der Waals surface area (Å²) in [6.45, 7) is 1.77. The van der Waals surface area contributed by atoms with Crippen molar-refractivity contribution in [2.24, 2.45) is 0 Å². The second-order valence-electron chi connectivity index (χ2n) is 7.54. The normalized spacial score (nSPS) is 12.8. The molecule has 4 aromatic rings. The summed E-state index contributed by atoms with van der Waals surface area (Å²) < 4.78 is 5.64. The Morgan fingerprint density at radius 2 is 1.61 bits per heavy atom. The SMILES string of the molecule is COc1cccc2c(N3CCc4ccccc4C3)nc(N(C)c3ccccc3)nc12.Cl. The standard InChI is InChI=1S/C25H24N4O.ClH/c1-28(20-11-4-3-5-12-20)25-26-23-21(13-8-14-22(23)30-2)24(27-25)29-16-15-18-9-6-7-10-19(18)17-29;/h3-14H,15-17H2,1-2H3;1H. The molecule has 5 nitrogen and oxygen atoms in total. The minimum absolute atomic E-state index is 0. The second-order valence-corrected chi connectivity index (χ2v) is 7.54. The van der Waals surface area contributed by atoms with Crippen LogP contribution in [-0.4, -0.2) is 30.7 Å². The van der Waals surface area contributed by atoms with Gasteiger partial charge in [-0.1, -0.05) is 48.5 Å². The minimum atomic E-state index is 0. The first-order valence-electron chi connectivity index (χ1n) is 10.2. The lowest BCUT2D eigenvalue weighted by Gasteiger charge is -2.31. The van der Waals surface area contributed by atoms with E-state index < -0.39 is 0 Å². The van der Waals surface area contributed by atoms with Crippen molar-refractivity contribution in [1.29, 1.82) is 0 Å². The van der Waals surface area contributed by atoms with Crippen molar-refractivity contribution in [2.45, 2.75) is 13.0 Å². The first kappa shape index (κ1) is 20.9. The summed E-state index contributed by atoms with van der Waals surface area (Å²) in [4.78, 5) is 14.3. The van der Waals surface area contributed by atoms with E-state index in [4.69, 9.17) is 14.7 Å². The molecule has 0 atom stereocenters. The molecule has 0 N–H and O–H groups in total. The summed E-state index contributed by atoms with van der Waals surface area (Å²) in [5.41, 5.74) is 4.66. The molecule has 3 aromatic carbocycles. The zero-order chi connectivity index (χ0) is 20.5. The van der Waals surface area contributed by atoms with Crippen molar-refractivity contribution in [3.05, 3.63) is 83.9 Å². The van der Waals surface area contributed by atoms with Crippen LogP contribution in [0, 0.1) is 0 Å². The lowest BCUT2D eigenvalue weighted by atomic mass is 9.99. The number of hydrogen-bond acceptors (Lipinski definition) is 5. The maximum absolute atomic E-state index is 5.64. The Balaban J connectivity index is 0.00000231. The molecule has 0 aliphatic carbocycles. The molecule has 1 aliphatic heterocycles. The predicted octanol–water partition coefficient (Wildman–Crippen LogP) is 5.39. The van der Waals surface area contributed by atoms with Crippen LogP contribution in [0.5, 0.6) is 5.75 Å². The molecular weight excluding hydrogens is 408 g/mol. The van der Waals surface area contributed by atoms with Gasteiger partial charge in [-0.2, -0.15) is 4.98 Å². The quantitative estimate of drug-likeness (QED) is 0.432. The maximum Gasteiger partial charge on any atom is 0.232 e. The molecule has 5 rings (SSSR count). The third kappa shape index (κ3) is 3.89. The van der Waals surface area contributed by atoms with Gasteiger partial charge in [0.05, 0.1) is 7.11 Å². The number of nitrogens with zero attached hydrogens (tertiary/aromatic N) is 4. The molecule has 1 aliphatic rings. The van der Waals surface area contributed by atoms with E-state index in [1.165, 1.54) is 11.1 Å². The van der Waals surface area contributed by atoms with Crippen LogP contribution in [0.25, 0.3) is 10.9 Å². The molecule has 0 spiro atoms. The molecule has 0 radical (unpaired) electrons. The van der Waals surface area contributed by atoms with E-state index >= 15 is 0 Å². The third-order valence-electron chi connectivity index (χ3n) is 5.75. The molecule has 158 valence electrons. The highest BCUT2D eigenvalue weighted by Gasteiger charge is 2.22. The van der Waals surface area contributed by atoms with Gasteiger partial charge in [0.15, 0.2) is 0 Å². The predicted molar refractivity (Wildman–Crippen MR) is 129 cm³/mol. The van der Waals surface area contributed by atoms with Crippen molar-refractivity contribution in [1.82, 2.24) is 9.97 Å². The highest BCUT2D eigenvalue weighted by Crippen LogP contribution is 2.35. The van der Waals surface area contributed by atoms with Crippen molar-refractivity contribution < 1.29 is 4.74 Å². The van der Waals surface area contributed by atoms with Gasteiger partial charge >= 0.3 is 0 Å². The largest absolute Gasteiger partial charge is 0.494 e. The monoisotopic (exact) mass is 432 g/mol. The van der Waals surface area contributed by atoms with Crippen LogP contribution in [0.2, 0.25) is 0 Å². The van der Waals surface area contributed by atoms with Crippen LogP contribution < -0.4 is 14.5 Å². The van der Waals surface area contributed by atoms with Gasteiger partial charge in [-0.25, -0.2) is 4.98 Å². The third-order valence-corrected chi connectivity index (χ3v) is 5.75. The molecule has 0 unspecified atom stereocenters. The fourth-order valence-electron chi connectivity index (χ4n) is 4.10. The van der Waals surface area contributed by atoms with Crippen molar-refractivity contribution >= 4 is 40.8 Å². The number of rotatable bonds is 4. The fourth-order valence-corrected chi connectivity index (χ4v) is 4.10. The maximum atomic E-state index is 5.64. The number of anilines is 3. The van der Waals surface area contributed by atoms with Crippen molar-refractivity contribution in [2.75, 3.05) is 30.5 Å². The van der Waals surface area contributed by atoms with Crippen LogP contribution in [-0.2, 0) is 13.0 Å². The molecular formula is C25H25ClN4O. The Bertz CT molecular complexity index is 1200. The average molecular weight is 433 g/mol. The molecule has 31 heavy (non-hydrogen) atoms. The zero-order valence-electron chi connectivity index (χ0n) is 17.7. The van der Waals surface area contributed by atoms with E-state index in [1.54, 1.807) is 7.11 Å². The van der Waals surface area contributed by atoms with Crippen LogP contribution in [0.1, 0.15) is 11.1 Å². The zero-order valence-corrected chi connectivity index (χ0v) is 18.5. The first-order chi connectivity index (χ1) is 14.7. The number of benzene rings is 3. The van der Waals surface area contributed by atoms with Gasteiger partial charge in [0, 0.05) is 31.2 Å². The highest BCUT2D eigenvalue weighted by atomic mass is 35.5. The Morgan fingerprint density at radius 3 is 2.39 bits per heavy atom. The van der Waals surface area contributed by atoms with Crippen molar-refractivity contribution in [3.8, 4) is 5.75 Å². The van der Waals surface area contributed by atoms with E-state index in [9.17, 15) is 0 Å². The van der Waals surface area contributed by atoms with Crippen LogP contribution in [0.15, 0.2) is 72.8 Å². The Kier molecular flexibility index (Phi) is 5.96. The summed E-state index contributed by atoms with van der Waals surface area (Å²) in [5.74, 6) is 2.37. The lowest BCUT2D eigenvalue weighted by molar-refractivity contribution is 0.419. The van der Waals surface area contributed by atoms with Gasteiger partial charge in [-0.05, 0) is 41.8 Å². The van der Waals surface area contributed by atoms with E-state index in [1.807, 2.05) is 42.3 Å². The molecule has 6 heteroatoms. The van der Waals surface area contributed by atoms with E-state index in [2.05, 4.69) is 47.4 Å². The highest BCUT2D eigenvalue weighted by molar-refractivity contribution is 5.94. The number of aromatic nitrogens is 2. The molecule has 0 saturated heterocycles. The molecule has 0 saturated carbocycles. The molecule has 0 amide bonds. The lowest BCUT2D eigenvalue weighted by Crippen LogP contribution is -2.31. The number of methoxy groups -OCH3 is 1. The Labute approximate surface area is 188 Å². The van der Waals surface area contributed by atoms with Gasteiger partial charge in [0.2, 0.25) is 5.95 Å². The van der Waals surface area contributed by atoms with Crippen LogP contribution >= 0.6 is 12.4 Å². The number of ether oxygens (including phenoxy) is 1. The summed E-state index contributed by atoms with van der Waals surface area (Å²) in [6, 6.07) is 24.9. The van der Waals surface area contributed by atoms with E-state index in [-0.39, 0.29) is 12.4 Å². The molecule has 0 bridgehead atoms. The summed E-state index contributed by atoms with van der Waals surface area (Å²) >= 11 is 0.